The van der Waals surface area contributed by atoms with Gasteiger partial charge in [-0.05, 0) is 43.7 Å². The third-order valence-corrected chi connectivity index (χ3v) is 5.13. The molecule has 0 radical (unpaired) electrons. The number of amides is 2. The molecule has 12 heteroatoms. The molecule has 0 aliphatic heterocycles. The lowest BCUT2D eigenvalue weighted by Crippen LogP contribution is -2.42. The van der Waals surface area contributed by atoms with Gasteiger partial charge in [-0.25, -0.2) is 0 Å². The van der Waals surface area contributed by atoms with Crippen LogP contribution in [0.2, 0.25) is 0 Å². The number of carbonyl (C=O) groups excluding carboxylic acids is 2. The van der Waals surface area contributed by atoms with Crippen LogP contribution in [0.5, 0.6) is 0 Å². The normalized spacial score (nSPS) is 10.6. The van der Waals surface area contributed by atoms with Crippen LogP contribution in [-0.4, -0.2) is 48.2 Å². The van der Waals surface area contributed by atoms with E-state index in [2.05, 4.69) is 37.0 Å². The zero-order chi connectivity index (χ0) is 23.9. The van der Waals surface area contributed by atoms with Crippen LogP contribution < -0.4 is 32.0 Å². The van der Waals surface area contributed by atoms with Crippen molar-refractivity contribution < 1.29 is 9.59 Å². The molecule has 0 rings (SSSR count). The van der Waals surface area contributed by atoms with Crippen LogP contribution in [0.3, 0.4) is 0 Å². The third-order valence-electron chi connectivity index (χ3n) is 4.55. The first-order valence-electron chi connectivity index (χ1n) is 9.86. The first-order chi connectivity index (χ1) is 14.5. The predicted octanol–water partition coefficient (Wildman–Crippen LogP) is 0.685. The molecule has 10 nitrogen and oxygen atoms in total. The molecule has 0 fully saturated rings. The number of hydrogen-bond acceptors (Lipinski definition) is 5. The van der Waals surface area contributed by atoms with Crippen molar-refractivity contribution in [1.29, 1.82) is 5.26 Å². The minimum absolute atomic E-state index is 0.312. The van der Waals surface area contributed by atoms with Gasteiger partial charge in [-0.15, -0.1) is 0 Å². The Morgan fingerprint density at radius 1 is 0.871 bits per heavy atom. The van der Waals surface area contributed by atoms with E-state index >= 15 is 0 Å². The van der Waals surface area contributed by atoms with Gasteiger partial charge in [-0.2, -0.15) is 16.8 Å². The minimum Gasteiger partial charge on any atom is -0.363 e. The number of rotatable bonds is 12. The van der Waals surface area contributed by atoms with Crippen LogP contribution in [0, 0.1) is 28.9 Å². The van der Waals surface area contributed by atoms with Gasteiger partial charge in [0.05, 0.1) is 5.41 Å². The zero-order valence-electron chi connectivity index (χ0n) is 18.5. The van der Waals surface area contributed by atoms with Crippen LogP contribution in [0.25, 0.3) is 4.95 Å². The van der Waals surface area contributed by atoms with E-state index in [1.54, 1.807) is 33.9 Å². The molecular formula is C19H32N8O2S2. The van der Waals surface area contributed by atoms with Crippen molar-refractivity contribution in [3.63, 3.8) is 0 Å². The topological polar surface area (TPSA) is 134 Å². The lowest BCUT2D eigenvalue weighted by atomic mass is 9.88. The molecule has 0 aromatic heterocycles. The molecule has 0 aromatic carbocycles. The molecule has 2 amide bonds. The second kappa shape index (κ2) is 14.3. The lowest BCUT2D eigenvalue weighted by Gasteiger charge is -2.22. The van der Waals surface area contributed by atoms with Gasteiger partial charge < -0.3 is 21.3 Å². The number of nitriles is 1. The molecule has 0 aromatic rings. The summed E-state index contributed by atoms with van der Waals surface area (Å²) in [6, 6.07) is 0. The van der Waals surface area contributed by atoms with Crippen molar-refractivity contribution in [2.24, 2.45) is 10.8 Å². The summed E-state index contributed by atoms with van der Waals surface area (Å²) in [5.41, 5.74) is 0.812. The monoisotopic (exact) mass is 468 g/mol. The van der Waals surface area contributed by atoms with E-state index in [1.807, 2.05) is 0 Å². The summed E-state index contributed by atoms with van der Waals surface area (Å²) in [4.78, 5) is 26.4. The highest BCUT2D eigenvalue weighted by Gasteiger charge is 2.29. The fourth-order valence-electron chi connectivity index (χ4n) is 2.24. The molecule has 0 aliphatic carbocycles. The van der Waals surface area contributed by atoms with Gasteiger partial charge in [-0.1, -0.05) is 33.1 Å². The second-order valence-electron chi connectivity index (χ2n) is 8.11. The maximum Gasteiger partial charge on any atom is 0.293 e. The van der Waals surface area contributed by atoms with Crippen LogP contribution in [0.1, 0.15) is 47.0 Å². The first-order valence-corrected chi connectivity index (χ1v) is 10.7. The van der Waals surface area contributed by atoms with E-state index in [-0.39, 0.29) is 11.8 Å². The van der Waals surface area contributed by atoms with E-state index in [4.69, 9.17) is 36.3 Å². The molecule has 172 valence electrons. The molecule has 0 spiro atoms. The van der Waals surface area contributed by atoms with Crippen molar-refractivity contribution in [2.75, 3.05) is 26.2 Å². The number of nitrogens with one attached hydrogen (secondary N) is 6. The largest absolute Gasteiger partial charge is 0.363 e. The number of nitrogens with zero attached hydrogens (tertiary/aromatic N) is 2. The summed E-state index contributed by atoms with van der Waals surface area (Å²) >= 11 is 10.4. The summed E-state index contributed by atoms with van der Waals surface area (Å²) in [6.45, 7) is 16.1. The molecule has 0 saturated heterocycles. The predicted molar refractivity (Wildman–Crippen MR) is 127 cm³/mol. The van der Waals surface area contributed by atoms with Gasteiger partial charge in [0.2, 0.25) is 5.91 Å². The van der Waals surface area contributed by atoms with Crippen LogP contribution in [-0.2, 0) is 9.59 Å². The Morgan fingerprint density at radius 2 is 1.29 bits per heavy atom. The molecule has 0 bridgehead atoms. The molecule has 6 N–H and O–H groups in total. The zero-order valence-corrected chi connectivity index (χ0v) is 20.1. The average molecular weight is 469 g/mol. The Hall–Kier alpha value is -2.70. The SMILES string of the molecule is [C-]#[N+]NC(=O)C(C)(C)CCNC(=S)NCCCNC(=S)NCCC(C)(C)C(=O)NC#N. The molecule has 0 atom stereocenters. The summed E-state index contributed by atoms with van der Waals surface area (Å²) in [6.07, 6.45) is 3.48. The molecule has 31 heavy (non-hydrogen) atoms. The minimum atomic E-state index is -0.666. The summed E-state index contributed by atoms with van der Waals surface area (Å²) in [5.74, 6) is -0.630. The highest BCUT2D eigenvalue weighted by molar-refractivity contribution is 7.80. The van der Waals surface area contributed by atoms with Crippen molar-refractivity contribution in [3.05, 3.63) is 11.5 Å². The molecular weight excluding hydrogens is 436 g/mol. The van der Waals surface area contributed by atoms with Gasteiger partial charge in [0.1, 0.15) is 0 Å². The van der Waals surface area contributed by atoms with Crippen molar-refractivity contribution in [1.82, 2.24) is 32.0 Å². The first kappa shape index (κ1) is 28.3. The van der Waals surface area contributed by atoms with Crippen LogP contribution >= 0.6 is 24.4 Å². The van der Waals surface area contributed by atoms with E-state index in [1.165, 1.54) is 0 Å². The Bertz CT molecular complexity index is 665. The number of thiocarbonyl (C=S) groups is 2. The van der Waals surface area contributed by atoms with E-state index in [0.29, 0.717) is 49.2 Å². The van der Waals surface area contributed by atoms with E-state index in [0.717, 1.165) is 6.42 Å². The Labute approximate surface area is 195 Å². The molecule has 0 aliphatic rings. The van der Waals surface area contributed by atoms with Crippen LogP contribution in [0.4, 0.5) is 0 Å². The molecule has 0 saturated carbocycles. The maximum absolute atomic E-state index is 11.8. The quantitative estimate of drug-likeness (QED) is 0.0611. The lowest BCUT2D eigenvalue weighted by molar-refractivity contribution is -0.129. The second-order valence-corrected chi connectivity index (χ2v) is 8.92. The van der Waals surface area contributed by atoms with Gasteiger partial charge in [0, 0.05) is 31.6 Å². The van der Waals surface area contributed by atoms with Crippen LogP contribution in [0.15, 0.2) is 0 Å². The Kier molecular flexibility index (Phi) is 13.1. The van der Waals surface area contributed by atoms with Gasteiger partial charge in [0.25, 0.3) is 5.91 Å². The smallest absolute Gasteiger partial charge is 0.293 e. The Morgan fingerprint density at radius 3 is 1.71 bits per heavy atom. The molecule has 0 heterocycles. The standard InChI is InChI=1S/C19H32N8O2S2/c1-18(2,14(28)26-13-20)7-11-24-16(30)22-9-6-10-23-17(31)25-12-8-19(3,4)15(29)27-21-5/h6-12H2,1-4H3,(H,26,28)(H,27,29)(H2,22,24,30)(H2,23,25,31). The van der Waals surface area contributed by atoms with E-state index < -0.39 is 10.8 Å². The molecule has 0 unspecified atom stereocenters. The highest BCUT2D eigenvalue weighted by atomic mass is 32.1. The van der Waals surface area contributed by atoms with Gasteiger partial charge in [-0.3, -0.25) is 14.9 Å². The number of carbonyl (C=O) groups is 2. The highest BCUT2D eigenvalue weighted by Crippen LogP contribution is 2.20. The van der Waals surface area contributed by atoms with Gasteiger partial charge in [0.15, 0.2) is 16.4 Å². The van der Waals surface area contributed by atoms with E-state index in [9.17, 15) is 9.59 Å². The Balaban J connectivity index is 3.88. The number of hydrogen-bond donors (Lipinski definition) is 6. The van der Waals surface area contributed by atoms with Crippen molar-refractivity contribution in [2.45, 2.75) is 47.0 Å². The summed E-state index contributed by atoms with van der Waals surface area (Å²) in [7, 11) is 0. The average Bonchev–Trinajstić information content (AvgIpc) is 2.67. The third kappa shape index (κ3) is 12.6. The maximum atomic E-state index is 11.8. The van der Waals surface area contributed by atoms with Gasteiger partial charge >= 0.3 is 0 Å². The van der Waals surface area contributed by atoms with Crippen molar-refractivity contribution in [3.8, 4) is 6.19 Å². The fourth-order valence-corrected chi connectivity index (χ4v) is 2.65. The van der Waals surface area contributed by atoms with Crippen molar-refractivity contribution >= 4 is 46.5 Å². The summed E-state index contributed by atoms with van der Waals surface area (Å²) in [5, 5.41) is 23.9. The fraction of sp³-hybridized carbons (Fsp3) is 0.684. The summed E-state index contributed by atoms with van der Waals surface area (Å²) < 4.78 is 0.